The minimum absolute atomic E-state index is 0.0451. The smallest absolute Gasteiger partial charge is 0.338 e. The van der Waals surface area contributed by atoms with E-state index in [-0.39, 0.29) is 54.8 Å². The van der Waals surface area contributed by atoms with Crippen LogP contribution in [0.15, 0.2) is 97.1 Å². The van der Waals surface area contributed by atoms with Crippen molar-refractivity contribution in [3.63, 3.8) is 0 Å². The third kappa shape index (κ3) is 17.0. The number of fused-ring (bicyclic) bond motifs is 1. The SMILES string of the molecule is CCCCOc1cc(OCCCC)c2c(c1)O[C@H](c1cc(OCCCC)c(OCCCC)c(OCc3ccccc3)c1)[C@H](OC(=O)c1cc(OCCCC)c(OC(=O)CC(C)C)c(OCc3ccccc3)c1)C2. The highest BCUT2D eigenvalue weighted by Crippen LogP contribution is 2.48. The summed E-state index contributed by atoms with van der Waals surface area (Å²) in [5, 5.41) is 0. The van der Waals surface area contributed by atoms with E-state index >= 15 is 4.79 Å². The highest BCUT2D eigenvalue weighted by molar-refractivity contribution is 5.92. The molecule has 1 aliphatic rings. The second-order valence-corrected chi connectivity index (χ2v) is 18.9. The number of unbranched alkanes of at least 4 members (excludes halogenated alkanes) is 5. The normalized spacial score (nSPS) is 13.9. The number of esters is 2. The van der Waals surface area contributed by atoms with Gasteiger partial charge in [0.25, 0.3) is 0 Å². The highest BCUT2D eigenvalue weighted by Gasteiger charge is 2.39. The van der Waals surface area contributed by atoms with E-state index in [0.29, 0.717) is 73.1 Å². The van der Waals surface area contributed by atoms with E-state index in [2.05, 4.69) is 34.6 Å². The molecule has 0 aromatic heterocycles. The molecule has 0 saturated heterocycles. The number of ether oxygens (including phenoxy) is 10. The summed E-state index contributed by atoms with van der Waals surface area (Å²) in [6.07, 6.45) is 7.38. The first-order chi connectivity index (χ1) is 35.6. The first-order valence-corrected chi connectivity index (χ1v) is 26.7. The lowest BCUT2D eigenvalue weighted by atomic mass is 9.93. The van der Waals surface area contributed by atoms with Gasteiger partial charge < -0.3 is 47.4 Å². The number of benzene rings is 5. The predicted octanol–water partition coefficient (Wildman–Crippen LogP) is 14.6. The van der Waals surface area contributed by atoms with E-state index in [1.165, 1.54) is 0 Å². The third-order valence-corrected chi connectivity index (χ3v) is 12.1. The molecule has 12 heteroatoms. The quantitative estimate of drug-likeness (QED) is 0.0231. The maximum Gasteiger partial charge on any atom is 0.338 e. The molecule has 5 aromatic carbocycles. The zero-order valence-electron chi connectivity index (χ0n) is 44.3. The fraction of sp³-hybridized carbons (Fsp3) is 0.475. The second kappa shape index (κ2) is 29.8. The van der Waals surface area contributed by atoms with Gasteiger partial charge in [-0.1, -0.05) is 141 Å². The van der Waals surface area contributed by atoms with Gasteiger partial charge in [-0.2, -0.15) is 0 Å². The lowest BCUT2D eigenvalue weighted by Crippen LogP contribution is -2.35. The van der Waals surface area contributed by atoms with Crippen LogP contribution in [0, 0.1) is 5.92 Å². The van der Waals surface area contributed by atoms with Crippen LogP contribution in [0.2, 0.25) is 0 Å². The van der Waals surface area contributed by atoms with Gasteiger partial charge in [-0.3, -0.25) is 4.79 Å². The molecular weight excluding hydrogens is 925 g/mol. The minimum Gasteiger partial charge on any atom is -0.493 e. The molecule has 0 saturated carbocycles. The molecular formula is C61H78O12. The van der Waals surface area contributed by atoms with E-state index in [0.717, 1.165) is 80.9 Å². The molecule has 0 spiro atoms. The molecule has 0 unspecified atom stereocenters. The highest BCUT2D eigenvalue weighted by atomic mass is 16.6. The Kier molecular flexibility index (Phi) is 22.8. The first-order valence-electron chi connectivity index (χ1n) is 26.7. The number of carbonyl (C=O) groups excluding carboxylic acids is 2. The fourth-order valence-electron chi connectivity index (χ4n) is 7.95. The maximum absolute atomic E-state index is 15.0. The summed E-state index contributed by atoms with van der Waals surface area (Å²) in [6.45, 7) is 17.1. The largest absolute Gasteiger partial charge is 0.493 e. The number of rotatable bonds is 32. The van der Waals surface area contributed by atoms with E-state index < -0.39 is 24.1 Å². The van der Waals surface area contributed by atoms with Crippen LogP contribution in [0.3, 0.4) is 0 Å². The molecule has 1 aliphatic heterocycles. The van der Waals surface area contributed by atoms with Crippen LogP contribution in [0.1, 0.15) is 158 Å². The number of hydrogen-bond donors (Lipinski definition) is 0. The van der Waals surface area contributed by atoms with Crippen molar-refractivity contribution in [3.05, 3.63) is 125 Å². The summed E-state index contributed by atoms with van der Waals surface area (Å²) in [5.41, 5.74) is 3.39. The Morgan fingerprint density at radius 1 is 0.548 bits per heavy atom. The van der Waals surface area contributed by atoms with Crippen LogP contribution >= 0.6 is 0 Å². The molecule has 73 heavy (non-hydrogen) atoms. The van der Waals surface area contributed by atoms with Gasteiger partial charge in [0.2, 0.25) is 11.5 Å². The Morgan fingerprint density at radius 2 is 1.03 bits per heavy atom. The zero-order valence-corrected chi connectivity index (χ0v) is 44.3. The van der Waals surface area contributed by atoms with Crippen molar-refractivity contribution < 1.29 is 57.0 Å². The van der Waals surface area contributed by atoms with Gasteiger partial charge >= 0.3 is 11.9 Å². The summed E-state index contributed by atoms with van der Waals surface area (Å²) in [6, 6.07) is 30.3. The van der Waals surface area contributed by atoms with Crippen LogP contribution in [-0.4, -0.2) is 51.1 Å². The van der Waals surface area contributed by atoms with Crippen LogP contribution in [0.25, 0.3) is 0 Å². The Labute approximate surface area is 433 Å². The van der Waals surface area contributed by atoms with E-state index in [4.69, 9.17) is 47.4 Å². The number of carbonyl (C=O) groups is 2. The van der Waals surface area contributed by atoms with Crippen molar-refractivity contribution in [1.29, 1.82) is 0 Å². The Balaban J connectivity index is 1.49. The predicted molar refractivity (Wildman–Crippen MR) is 284 cm³/mol. The average molecular weight is 1000 g/mol. The van der Waals surface area contributed by atoms with Gasteiger partial charge in [0.05, 0.1) is 38.6 Å². The van der Waals surface area contributed by atoms with Crippen LogP contribution < -0.4 is 42.6 Å². The van der Waals surface area contributed by atoms with E-state index in [9.17, 15) is 4.79 Å². The lowest BCUT2D eigenvalue weighted by Gasteiger charge is -2.35. The van der Waals surface area contributed by atoms with Crippen LogP contribution in [0.4, 0.5) is 0 Å². The second-order valence-electron chi connectivity index (χ2n) is 18.9. The summed E-state index contributed by atoms with van der Waals surface area (Å²) in [5.74, 6) is 2.64. The molecule has 1 heterocycles. The zero-order chi connectivity index (χ0) is 51.8. The van der Waals surface area contributed by atoms with E-state index in [1.54, 1.807) is 12.1 Å². The molecule has 0 radical (unpaired) electrons. The van der Waals surface area contributed by atoms with Gasteiger partial charge in [-0.15, -0.1) is 0 Å². The fourth-order valence-corrected chi connectivity index (χ4v) is 7.95. The van der Waals surface area contributed by atoms with Crippen molar-refractivity contribution in [2.45, 2.75) is 151 Å². The summed E-state index contributed by atoms with van der Waals surface area (Å²) < 4.78 is 65.0. The van der Waals surface area contributed by atoms with E-state index in [1.807, 2.05) is 98.8 Å². The molecule has 0 bridgehead atoms. The van der Waals surface area contributed by atoms with Gasteiger partial charge in [-0.25, -0.2) is 4.79 Å². The molecule has 2 atom stereocenters. The summed E-state index contributed by atoms with van der Waals surface area (Å²) >= 11 is 0. The maximum atomic E-state index is 15.0. The van der Waals surface area contributed by atoms with Gasteiger partial charge in [-0.05, 0) is 73.4 Å². The Morgan fingerprint density at radius 3 is 1.56 bits per heavy atom. The van der Waals surface area contributed by atoms with Crippen molar-refractivity contribution in [2.24, 2.45) is 5.92 Å². The summed E-state index contributed by atoms with van der Waals surface area (Å²) in [4.78, 5) is 28.4. The van der Waals surface area contributed by atoms with Crippen molar-refractivity contribution in [2.75, 3.05) is 33.0 Å². The number of hydrogen-bond acceptors (Lipinski definition) is 12. The summed E-state index contributed by atoms with van der Waals surface area (Å²) in [7, 11) is 0. The molecule has 0 N–H and O–H groups in total. The molecule has 0 fully saturated rings. The van der Waals surface area contributed by atoms with Gasteiger partial charge in [0.1, 0.15) is 36.6 Å². The van der Waals surface area contributed by atoms with Crippen LogP contribution in [-0.2, 0) is 29.2 Å². The monoisotopic (exact) mass is 1000 g/mol. The molecule has 12 nitrogen and oxygen atoms in total. The molecule has 5 aromatic rings. The van der Waals surface area contributed by atoms with Crippen molar-refractivity contribution in [1.82, 2.24) is 0 Å². The molecule has 6 rings (SSSR count). The minimum atomic E-state index is -0.917. The molecule has 0 aliphatic carbocycles. The Bertz CT molecular complexity index is 2450. The molecule has 0 amide bonds. The van der Waals surface area contributed by atoms with Gasteiger partial charge in [0, 0.05) is 36.1 Å². The Hall–Kier alpha value is -6.56. The van der Waals surface area contributed by atoms with Gasteiger partial charge in [0.15, 0.2) is 29.1 Å². The van der Waals surface area contributed by atoms with Crippen LogP contribution in [0.5, 0.6) is 51.7 Å². The standard InChI is InChI=1S/C61H78O12/c1-8-13-28-64-48-38-50(65-29-14-9-2)49-40-56(72-61(63)47-36-54(67-31-16-11-4)60(73-57(62)33-43(6)7)55(37-47)70-42-45-26-22-19-23-27-45)58(71-51(49)39-48)46-34-52(66-30-15-10-3)59(68-32-17-12-5)53(35-46)69-41-44-24-20-18-21-25-44/h18-27,34-39,43,56,58H,8-17,28-33,40-42H2,1-7H3/t56-,58-/m1/s1. The lowest BCUT2D eigenvalue weighted by molar-refractivity contribution is -0.135. The third-order valence-electron chi connectivity index (χ3n) is 12.1. The topological polar surface area (TPSA) is 126 Å². The van der Waals surface area contributed by atoms with Crippen molar-refractivity contribution in [3.8, 4) is 51.7 Å². The average Bonchev–Trinajstić information content (AvgIpc) is 3.39. The van der Waals surface area contributed by atoms with Crippen molar-refractivity contribution >= 4 is 11.9 Å². The molecule has 394 valence electrons. The first kappa shape index (κ1) is 55.7.